The molecule has 1 fully saturated rings. The summed E-state index contributed by atoms with van der Waals surface area (Å²) in [6, 6.07) is 4.12. The van der Waals surface area contributed by atoms with Crippen LogP contribution in [0.4, 0.5) is 10.6 Å². The Morgan fingerprint density at radius 1 is 1.36 bits per heavy atom. The number of pyridine rings is 1. The lowest BCUT2D eigenvalue weighted by Gasteiger charge is -2.40. The van der Waals surface area contributed by atoms with E-state index in [0.717, 1.165) is 29.1 Å². The number of hydrogen-bond donors (Lipinski definition) is 0. The second-order valence-corrected chi connectivity index (χ2v) is 7.56. The molecule has 0 aromatic carbocycles. The number of carbonyl (C=O) groups excluding carboxylic acids is 1. The van der Waals surface area contributed by atoms with E-state index in [1.54, 1.807) is 4.90 Å². The lowest BCUT2D eigenvalue weighted by molar-refractivity contribution is 0.0158. The highest BCUT2D eigenvalue weighted by Gasteiger charge is 2.31. The smallest absolute Gasteiger partial charge is 0.410 e. The molecule has 2 heterocycles. The van der Waals surface area contributed by atoms with Crippen LogP contribution in [0.3, 0.4) is 0 Å². The van der Waals surface area contributed by atoms with Crippen molar-refractivity contribution < 1.29 is 9.53 Å². The van der Waals surface area contributed by atoms with Gasteiger partial charge in [0.05, 0.1) is 5.69 Å². The number of nitrogens with zero attached hydrogens (tertiary/aromatic N) is 3. The number of amides is 1. The Kier molecular flexibility index (Phi) is 5.00. The maximum atomic E-state index is 12.2. The minimum atomic E-state index is -0.460. The zero-order valence-corrected chi connectivity index (χ0v) is 15.5. The van der Waals surface area contributed by atoms with Crippen molar-refractivity contribution in [3.8, 4) is 0 Å². The van der Waals surface area contributed by atoms with Crippen molar-refractivity contribution in [2.75, 3.05) is 24.5 Å². The Balaban J connectivity index is 2.03. The normalized spacial score (nSPS) is 19.3. The molecule has 5 nitrogen and oxygen atoms in total. The molecule has 0 saturated carbocycles. The van der Waals surface area contributed by atoms with Gasteiger partial charge in [0.1, 0.15) is 11.4 Å². The molecule has 0 unspecified atom stereocenters. The van der Waals surface area contributed by atoms with E-state index in [-0.39, 0.29) is 12.1 Å². The van der Waals surface area contributed by atoms with Crippen LogP contribution in [-0.4, -0.2) is 47.3 Å². The van der Waals surface area contributed by atoms with Gasteiger partial charge in [-0.2, -0.15) is 0 Å². The molecule has 0 radical (unpaired) electrons. The number of hydrogen-bond acceptors (Lipinski definition) is 4. The van der Waals surface area contributed by atoms with E-state index in [4.69, 9.17) is 4.74 Å². The van der Waals surface area contributed by atoms with Gasteiger partial charge in [0.2, 0.25) is 0 Å². The zero-order chi connectivity index (χ0) is 16.5. The first-order valence-electron chi connectivity index (χ1n) is 7.55. The van der Waals surface area contributed by atoms with Crippen molar-refractivity contribution in [1.82, 2.24) is 9.88 Å². The molecule has 1 aliphatic rings. The lowest BCUT2D eigenvalue weighted by Crippen LogP contribution is -2.55. The highest BCUT2D eigenvalue weighted by molar-refractivity contribution is 9.10. The Labute approximate surface area is 140 Å². The molecule has 6 heteroatoms. The van der Waals surface area contributed by atoms with E-state index in [2.05, 4.69) is 25.8 Å². The summed E-state index contributed by atoms with van der Waals surface area (Å²) in [6.45, 7) is 11.9. The van der Waals surface area contributed by atoms with Gasteiger partial charge in [-0.25, -0.2) is 9.78 Å². The molecule has 1 saturated heterocycles. The maximum Gasteiger partial charge on any atom is 0.410 e. The molecule has 122 valence electrons. The van der Waals surface area contributed by atoms with E-state index in [1.165, 1.54) is 0 Å². The molecule has 0 aliphatic carbocycles. The quantitative estimate of drug-likeness (QED) is 0.758. The molecule has 0 bridgehead atoms. The molecule has 1 aromatic rings. The van der Waals surface area contributed by atoms with Crippen molar-refractivity contribution in [2.45, 2.75) is 46.3 Å². The van der Waals surface area contributed by atoms with E-state index in [9.17, 15) is 4.79 Å². The van der Waals surface area contributed by atoms with Crippen LogP contribution >= 0.6 is 15.9 Å². The predicted octanol–water partition coefficient (Wildman–Crippen LogP) is 3.60. The van der Waals surface area contributed by atoms with Gasteiger partial charge in [0.25, 0.3) is 0 Å². The number of halogens is 1. The van der Waals surface area contributed by atoms with Gasteiger partial charge in [-0.05, 0) is 62.7 Å². The summed E-state index contributed by atoms with van der Waals surface area (Å²) in [5, 5.41) is 0. The first-order valence-corrected chi connectivity index (χ1v) is 8.34. The van der Waals surface area contributed by atoms with Crippen LogP contribution in [-0.2, 0) is 4.74 Å². The van der Waals surface area contributed by atoms with Crippen LogP contribution in [0.5, 0.6) is 0 Å². The molecule has 2 rings (SSSR count). The fourth-order valence-electron chi connectivity index (χ4n) is 2.46. The molecule has 1 amide bonds. The Bertz CT molecular complexity index is 557. The number of piperazine rings is 1. The third-order valence-electron chi connectivity index (χ3n) is 3.59. The van der Waals surface area contributed by atoms with Crippen LogP contribution in [0.25, 0.3) is 0 Å². The van der Waals surface area contributed by atoms with Crippen LogP contribution < -0.4 is 4.90 Å². The highest BCUT2D eigenvalue weighted by Crippen LogP contribution is 2.22. The number of aryl methyl sites for hydroxylation is 1. The first-order chi connectivity index (χ1) is 10.2. The van der Waals surface area contributed by atoms with Crippen molar-refractivity contribution in [1.29, 1.82) is 0 Å². The van der Waals surface area contributed by atoms with Gasteiger partial charge in [-0.15, -0.1) is 0 Å². The number of anilines is 1. The van der Waals surface area contributed by atoms with Crippen LogP contribution in [0, 0.1) is 6.92 Å². The molecule has 1 aliphatic heterocycles. The second kappa shape index (κ2) is 6.44. The molecule has 1 aromatic heterocycles. The van der Waals surface area contributed by atoms with Gasteiger partial charge in [-0.1, -0.05) is 0 Å². The fourth-order valence-corrected chi connectivity index (χ4v) is 2.69. The largest absolute Gasteiger partial charge is 0.444 e. The summed E-state index contributed by atoms with van der Waals surface area (Å²) in [6.07, 6.45) is -0.236. The Morgan fingerprint density at radius 2 is 2.05 bits per heavy atom. The average molecular weight is 370 g/mol. The lowest BCUT2D eigenvalue weighted by atomic mass is 10.2. The third kappa shape index (κ3) is 4.12. The van der Waals surface area contributed by atoms with Gasteiger partial charge in [0.15, 0.2) is 0 Å². The minimum absolute atomic E-state index is 0.0920. The van der Waals surface area contributed by atoms with Gasteiger partial charge < -0.3 is 14.5 Å². The third-order valence-corrected chi connectivity index (χ3v) is 4.42. The van der Waals surface area contributed by atoms with E-state index >= 15 is 0 Å². The Morgan fingerprint density at radius 3 is 2.59 bits per heavy atom. The molecular weight excluding hydrogens is 346 g/mol. The van der Waals surface area contributed by atoms with Crippen molar-refractivity contribution in [2.24, 2.45) is 0 Å². The number of ether oxygens (including phenoxy) is 1. The average Bonchev–Trinajstić information content (AvgIpc) is 2.39. The van der Waals surface area contributed by atoms with Crippen LogP contribution in [0.2, 0.25) is 0 Å². The van der Waals surface area contributed by atoms with E-state index < -0.39 is 5.60 Å². The molecule has 0 N–H and O–H groups in total. The van der Waals surface area contributed by atoms with Gasteiger partial charge in [-0.3, -0.25) is 0 Å². The SMILES string of the molecule is Cc1nc(N2CCN(C(=O)OC(C)(C)C)[C@@H](C)C2)ccc1Br. The van der Waals surface area contributed by atoms with Crippen molar-refractivity contribution in [3.63, 3.8) is 0 Å². The zero-order valence-electron chi connectivity index (χ0n) is 13.9. The maximum absolute atomic E-state index is 12.2. The van der Waals surface area contributed by atoms with E-state index in [0.29, 0.717) is 6.54 Å². The monoisotopic (exact) mass is 369 g/mol. The minimum Gasteiger partial charge on any atom is -0.444 e. The van der Waals surface area contributed by atoms with E-state index in [1.807, 2.05) is 46.8 Å². The summed E-state index contributed by atoms with van der Waals surface area (Å²) in [7, 11) is 0. The summed E-state index contributed by atoms with van der Waals surface area (Å²) < 4.78 is 6.48. The fraction of sp³-hybridized carbons (Fsp3) is 0.625. The van der Waals surface area contributed by atoms with Crippen molar-refractivity contribution >= 4 is 27.8 Å². The summed E-state index contributed by atoms with van der Waals surface area (Å²) in [5.41, 5.74) is 0.512. The topological polar surface area (TPSA) is 45.7 Å². The summed E-state index contributed by atoms with van der Waals surface area (Å²) in [5.74, 6) is 0.955. The summed E-state index contributed by atoms with van der Waals surface area (Å²) >= 11 is 3.47. The standard InChI is InChI=1S/C16H24BrN3O2/c1-11-10-19(14-7-6-13(17)12(2)18-14)8-9-20(11)15(21)22-16(3,4)5/h6-7,11H,8-10H2,1-5H3/t11-/m0/s1. The highest BCUT2D eigenvalue weighted by atomic mass is 79.9. The number of rotatable bonds is 1. The molecule has 22 heavy (non-hydrogen) atoms. The van der Waals surface area contributed by atoms with Crippen LogP contribution in [0.15, 0.2) is 16.6 Å². The second-order valence-electron chi connectivity index (χ2n) is 6.71. The number of aromatic nitrogens is 1. The molecule has 1 atom stereocenters. The molecule has 0 spiro atoms. The van der Waals surface area contributed by atoms with Crippen LogP contribution in [0.1, 0.15) is 33.4 Å². The van der Waals surface area contributed by atoms with Gasteiger partial charge >= 0.3 is 6.09 Å². The van der Waals surface area contributed by atoms with Crippen molar-refractivity contribution in [3.05, 3.63) is 22.3 Å². The predicted molar refractivity (Wildman–Crippen MR) is 91.3 cm³/mol. The molecular formula is C16H24BrN3O2. The summed E-state index contributed by atoms with van der Waals surface area (Å²) in [4.78, 5) is 20.8. The Hall–Kier alpha value is -1.30. The van der Waals surface area contributed by atoms with Gasteiger partial charge in [0, 0.05) is 30.1 Å². The first kappa shape index (κ1) is 17.1. The number of carbonyl (C=O) groups is 1.